The maximum atomic E-state index is 5.32. The van der Waals surface area contributed by atoms with Crippen molar-refractivity contribution < 1.29 is 0 Å². The van der Waals surface area contributed by atoms with Crippen molar-refractivity contribution in [3.05, 3.63) is 176 Å². The van der Waals surface area contributed by atoms with Crippen LogP contribution in [0.3, 0.4) is 0 Å². The van der Waals surface area contributed by atoms with Crippen LogP contribution in [0.5, 0.6) is 0 Å². The average molecular weight is 762 g/mol. The van der Waals surface area contributed by atoms with E-state index in [1.54, 1.807) is 0 Å². The lowest BCUT2D eigenvalue weighted by molar-refractivity contribution is 0.954. The second-order valence-electron chi connectivity index (χ2n) is 14.3. The predicted molar refractivity (Wildman–Crippen MR) is 245 cm³/mol. The van der Waals surface area contributed by atoms with Crippen LogP contribution < -0.4 is 0 Å². The topological polar surface area (TPSA) is 56.5 Å². The van der Waals surface area contributed by atoms with E-state index in [0.29, 0.717) is 17.6 Å². The quantitative estimate of drug-likeness (QED) is 0.179. The molecule has 0 bridgehead atoms. The molecule has 0 fully saturated rings. The number of benzene rings is 8. The third-order valence-electron chi connectivity index (χ3n) is 11.0. The van der Waals surface area contributed by atoms with Gasteiger partial charge in [0.1, 0.15) is 0 Å². The molecule has 0 aliphatic heterocycles. The SMILES string of the molecule is CC.c1ccc(-c2nc(-c3ccc4cccnc4c3)nc(-n3c4cc5ccccc5cc4c4cccc(-c5ccc6c(c5)sc5ccc7ccccc7c56)c43)n2)cc1. The number of fused-ring (bicyclic) bond motifs is 10. The van der Waals surface area contributed by atoms with E-state index in [1.165, 1.54) is 36.3 Å². The van der Waals surface area contributed by atoms with Crippen LogP contribution in [-0.2, 0) is 0 Å². The van der Waals surface area contributed by atoms with Crippen molar-refractivity contribution >= 4 is 85.8 Å². The van der Waals surface area contributed by atoms with E-state index < -0.39 is 0 Å². The average Bonchev–Trinajstić information content (AvgIpc) is 3.84. The van der Waals surface area contributed by atoms with Gasteiger partial charge in [-0.25, -0.2) is 4.98 Å². The minimum Gasteiger partial charge on any atom is -0.277 e. The molecule has 5 nitrogen and oxygen atoms in total. The molecule has 0 radical (unpaired) electrons. The van der Waals surface area contributed by atoms with Crippen LogP contribution in [0.25, 0.3) is 114 Å². The molecule has 0 saturated heterocycles. The lowest BCUT2D eigenvalue weighted by atomic mass is 9.99. The molecule has 6 heteroatoms. The molecule has 0 spiro atoms. The maximum absolute atomic E-state index is 5.32. The maximum Gasteiger partial charge on any atom is 0.238 e. The van der Waals surface area contributed by atoms with Crippen LogP contribution in [-0.4, -0.2) is 24.5 Å². The summed E-state index contributed by atoms with van der Waals surface area (Å²) in [7, 11) is 0. The number of pyridine rings is 1. The lowest BCUT2D eigenvalue weighted by Gasteiger charge is -2.13. The number of thiophene rings is 1. The zero-order chi connectivity index (χ0) is 38.7. The second-order valence-corrected chi connectivity index (χ2v) is 15.4. The Morgan fingerprint density at radius 2 is 1.16 bits per heavy atom. The highest BCUT2D eigenvalue weighted by molar-refractivity contribution is 7.26. The molecule has 0 atom stereocenters. The molecule has 274 valence electrons. The normalized spacial score (nSPS) is 11.6. The van der Waals surface area contributed by atoms with E-state index in [4.69, 9.17) is 15.0 Å². The van der Waals surface area contributed by atoms with Crippen LogP contribution in [0.15, 0.2) is 176 Å². The third kappa shape index (κ3) is 5.45. The van der Waals surface area contributed by atoms with Crippen LogP contribution in [0.1, 0.15) is 13.8 Å². The molecule has 0 saturated carbocycles. The van der Waals surface area contributed by atoms with Crippen molar-refractivity contribution in [1.29, 1.82) is 0 Å². The van der Waals surface area contributed by atoms with Crippen LogP contribution in [0.2, 0.25) is 0 Å². The van der Waals surface area contributed by atoms with Gasteiger partial charge >= 0.3 is 0 Å². The Bertz CT molecular complexity index is 3550. The van der Waals surface area contributed by atoms with Gasteiger partial charge in [-0.1, -0.05) is 147 Å². The van der Waals surface area contributed by atoms with E-state index >= 15 is 0 Å². The summed E-state index contributed by atoms with van der Waals surface area (Å²) in [5.74, 6) is 1.76. The molecule has 12 aromatic rings. The highest BCUT2D eigenvalue weighted by Gasteiger charge is 2.22. The van der Waals surface area contributed by atoms with Crippen molar-refractivity contribution in [2.75, 3.05) is 0 Å². The molecule has 0 unspecified atom stereocenters. The minimum atomic E-state index is 0.562. The largest absolute Gasteiger partial charge is 0.277 e. The fraction of sp³-hybridized carbons (Fsp3) is 0.0385. The van der Waals surface area contributed by atoms with Crippen LogP contribution >= 0.6 is 11.3 Å². The summed E-state index contributed by atoms with van der Waals surface area (Å²) in [5, 5.41) is 10.9. The summed E-state index contributed by atoms with van der Waals surface area (Å²) in [6.07, 6.45) is 1.82. The van der Waals surface area contributed by atoms with Gasteiger partial charge in [-0.2, -0.15) is 9.97 Å². The third-order valence-corrected chi connectivity index (χ3v) is 12.2. The summed E-state index contributed by atoms with van der Waals surface area (Å²) in [6.45, 7) is 4.00. The molecule has 12 rings (SSSR count). The predicted octanol–water partition coefficient (Wildman–Crippen LogP) is 14.2. The number of hydrogen-bond acceptors (Lipinski definition) is 5. The fourth-order valence-electron chi connectivity index (χ4n) is 8.42. The lowest BCUT2D eigenvalue weighted by Crippen LogP contribution is -2.07. The molecule has 4 aromatic heterocycles. The van der Waals surface area contributed by atoms with Gasteiger partial charge in [0.05, 0.1) is 16.6 Å². The zero-order valence-electron chi connectivity index (χ0n) is 31.9. The molecule has 8 aromatic carbocycles. The Morgan fingerprint density at radius 3 is 2.02 bits per heavy atom. The number of aromatic nitrogens is 5. The van der Waals surface area contributed by atoms with E-state index in [-0.39, 0.29) is 0 Å². The summed E-state index contributed by atoms with van der Waals surface area (Å²) >= 11 is 1.85. The second kappa shape index (κ2) is 13.7. The number of hydrogen-bond donors (Lipinski definition) is 0. The Labute approximate surface area is 338 Å². The molecular weight excluding hydrogens is 727 g/mol. The molecular formula is C52H35N5S. The van der Waals surface area contributed by atoms with Crippen molar-refractivity contribution in [1.82, 2.24) is 24.5 Å². The van der Waals surface area contributed by atoms with Gasteiger partial charge < -0.3 is 0 Å². The summed E-state index contributed by atoms with van der Waals surface area (Å²) in [6, 6.07) is 60.3. The van der Waals surface area contributed by atoms with Crippen LogP contribution in [0.4, 0.5) is 0 Å². The van der Waals surface area contributed by atoms with E-state index in [0.717, 1.165) is 60.3 Å². The Hall–Kier alpha value is -7.28. The number of para-hydroxylation sites is 1. The minimum absolute atomic E-state index is 0.562. The van der Waals surface area contributed by atoms with Gasteiger partial charge in [0, 0.05) is 59.2 Å². The highest BCUT2D eigenvalue weighted by Crippen LogP contribution is 2.43. The highest BCUT2D eigenvalue weighted by atomic mass is 32.1. The van der Waals surface area contributed by atoms with E-state index in [1.807, 2.05) is 55.6 Å². The van der Waals surface area contributed by atoms with E-state index in [9.17, 15) is 0 Å². The van der Waals surface area contributed by atoms with Gasteiger partial charge in [-0.15, -0.1) is 11.3 Å². The summed E-state index contributed by atoms with van der Waals surface area (Å²) in [4.78, 5) is 20.3. The smallest absolute Gasteiger partial charge is 0.238 e. The first-order valence-electron chi connectivity index (χ1n) is 19.7. The van der Waals surface area contributed by atoms with E-state index in [2.05, 4.69) is 155 Å². The monoisotopic (exact) mass is 761 g/mol. The Balaban J connectivity index is 0.00000190. The summed E-state index contributed by atoms with van der Waals surface area (Å²) < 4.78 is 4.81. The zero-order valence-corrected chi connectivity index (χ0v) is 32.7. The van der Waals surface area contributed by atoms with Gasteiger partial charge in [-0.05, 0) is 63.5 Å². The van der Waals surface area contributed by atoms with Gasteiger partial charge in [0.2, 0.25) is 5.95 Å². The molecule has 0 aliphatic carbocycles. The van der Waals surface area contributed by atoms with Crippen LogP contribution in [0, 0.1) is 0 Å². The summed E-state index contributed by atoms with van der Waals surface area (Å²) in [5.41, 5.74) is 7.05. The fourth-order valence-corrected chi connectivity index (χ4v) is 9.58. The van der Waals surface area contributed by atoms with Gasteiger partial charge in [0.25, 0.3) is 0 Å². The molecule has 58 heavy (non-hydrogen) atoms. The molecule has 0 aliphatic rings. The first kappa shape index (κ1) is 34.0. The number of nitrogens with zero attached hydrogens (tertiary/aromatic N) is 5. The van der Waals surface area contributed by atoms with Crippen molar-refractivity contribution in [3.63, 3.8) is 0 Å². The van der Waals surface area contributed by atoms with Crippen molar-refractivity contribution in [2.24, 2.45) is 0 Å². The Morgan fingerprint density at radius 1 is 0.448 bits per heavy atom. The molecule has 4 heterocycles. The Kier molecular flexibility index (Phi) is 8.05. The first-order valence-corrected chi connectivity index (χ1v) is 20.5. The molecule has 0 amide bonds. The number of rotatable bonds is 4. The van der Waals surface area contributed by atoms with Gasteiger partial charge in [-0.3, -0.25) is 9.55 Å². The van der Waals surface area contributed by atoms with Gasteiger partial charge in [0.15, 0.2) is 11.6 Å². The standard InChI is InChI=1S/C50H29N5S.C2H6/c1-2-11-32(12-3-1)48-52-49(36-20-19-31-15-9-25-51-42(31)27-36)54-50(53-48)55-43-28-34-14-5-4-13-33(34)26-41(43)39-18-8-17-38(47(39)55)35-21-23-40-45(29-35)56-44-24-22-30-10-6-7-16-37(30)46(40)44;1-2/h1-29H;1-2H3. The van der Waals surface area contributed by atoms with Crippen molar-refractivity contribution in [2.45, 2.75) is 13.8 Å². The first-order chi connectivity index (χ1) is 28.7. The van der Waals surface area contributed by atoms with Crippen molar-refractivity contribution in [3.8, 4) is 39.9 Å². The molecule has 0 N–H and O–H groups in total.